The maximum atomic E-state index is 12.7. The van der Waals surface area contributed by atoms with Crippen molar-refractivity contribution in [3.05, 3.63) is 35.9 Å². The molecular formula is C17H24O2. The van der Waals surface area contributed by atoms with Crippen LogP contribution in [-0.4, -0.2) is 12.9 Å². The molecule has 0 aromatic heterocycles. The van der Waals surface area contributed by atoms with Gasteiger partial charge in [-0.3, -0.25) is 4.79 Å². The quantitative estimate of drug-likeness (QED) is 0.805. The van der Waals surface area contributed by atoms with Crippen LogP contribution in [0.15, 0.2) is 30.3 Å². The lowest BCUT2D eigenvalue weighted by molar-refractivity contribution is -0.151. The Hall–Kier alpha value is -1.15. The number of hydrogen-bond acceptors (Lipinski definition) is 2. The summed E-state index contributed by atoms with van der Waals surface area (Å²) in [4.78, 5) is 12.7. The van der Waals surface area contributed by atoms with Gasteiger partial charge in [0.1, 0.15) is 0 Å². The van der Waals surface area contributed by atoms with Crippen LogP contribution in [0.1, 0.15) is 45.6 Å². The van der Waals surface area contributed by atoms with E-state index in [0.717, 1.165) is 18.4 Å². The van der Waals surface area contributed by atoms with Crippen LogP contribution in [0.4, 0.5) is 0 Å². The summed E-state index contributed by atoms with van der Waals surface area (Å²) < 4.78 is 5.69. The molecule has 104 valence electrons. The van der Waals surface area contributed by atoms with E-state index in [1.54, 1.807) is 7.11 Å². The molecule has 1 aromatic rings. The van der Waals surface area contributed by atoms with Gasteiger partial charge in [0.15, 0.2) is 11.4 Å². The molecule has 0 N–H and O–H groups in total. The fourth-order valence-electron chi connectivity index (χ4n) is 3.09. The molecule has 1 saturated carbocycles. The summed E-state index contributed by atoms with van der Waals surface area (Å²) in [6.07, 6.45) is 2.44. The van der Waals surface area contributed by atoms with Crippen molar-refractivity contribution in [2.75, 3.05) is 7.11 Å². The lowest BCUT2D eigenvalue weighted by Gasteiger charge is -2.42. The number of Topliss-reactive ketones (excluding diaryl/α,β-unsaturated/α-hetero) is 1. The second-order valence-corrected chi connectivity index (χ2v) is 6.63. The second-order valence-electron chi connectivity index (χ2n) is 6.63. The Morgan fingerprint density at radius 2 is 1.84 bits per heavy atom. The average Bonchev–Trinajstić information content (AvgIpc) is 2.39. The van der Waals surface area contributed by atoms with Gasteiger partial charge in [-0.05, 0) is 29.7 Å². The predicted octanol–water partition coefficient (Wildman–Crippen LogP) is 3.94. The summed E-state index contributed by atoms with van der Waals surface area (Å²) in [5, 5.41) is 0. The molecule has 0 saturated heterocycles. The smallest absolute Gasteiger partial charge is 0.169 e. The lowest BCUT2D eigenvalue weighted by Crippen LogP contribution is -2.45. The fraction of sp³-hybridized carbons (Fsp3) is 0.588. The molecule has 0 radical (unpaired) electrons. The molecule has 19 heavy (non-hydrogen) atoms. The van der Waals surface area contributed by atoms with E-state index in [0.29, 0.717) is 12.3 Å². The minimum absolute atomic E-state index is 0.187. The van der Waals surface area contributed by atoms with Crippen molar-refractivity contribution in [2.45, 2.75) is 45.6 Å². The second kappa shape index (κ2) is 5.09. The summed E-state index contributed by atoms with van der Waals surface area (Å²) in [6.45, 7) is 6.65. The zero-order chi connectivity index (χ0) is 14.1. The molecule has 2 atom stereocenters. The monoisotopic (exact) mass is 260 g/mol. The van der Waals surface area contributed by atoms with Crippen LogP contribution in [0.2, 0.25) is 0 Å². The third-order valence-corrected chi connectivity index (χ3v) is 4.54. The van der Waals surface area contributed by atoms with Crippen molar-refractivity contribution in [1.29, 1.82) is 0 Å². The number of hydrogen-bond donors (Lipinski definition) is 0. The Labute approximate surface area is 116 Å². The van der Waals surface area contributed by atoms with Crippen molar-refractivity contribution in [3.63, 3.8) is 0 Å². The highest BCUT2D eigenvalue weighted by molar-refractivity contribution is 5.89. The van der Waals surface area contributed by atoms with Gasteiger partial charge in [0.05, 0.1) is 0 Å². The van der Waals surface area contributed by atoms with E-state index >= 15 is 0 Å². The minimum Gasteiger partial charge on any atom is -0.366 e. The molecule has 1 fully saturated rings. The number of carbonyl (C=O) groups is 1. The van der Waals surface area contributed by atoms with Crippen molar-refractivity contribution in [1.82, 2.24) is 0 Å². The number of carbonyl (C=O) groups excluding carboxylic acids is 1. The Balaban J connectivity index is 2.28. The van der Waals surface area contributed by atoms with Crippen LogP contribution >= 0.6 is 0 Å². The molecule has 0 spiro atoms. The van der Waals surface area contributed by atoms with Crippen LogP contribution in [0.5, 0.6) is 0 Å². The standard InChI is InChI=1S/C17H24O2/c1-16(2,3)14-10-11-17(19-4,15(18)12-14)13-8-6-5-7-9-13/h5-9,14H,10-12H2,1-4H3. The maximum Gasteiger partial charge on any atom is 0.169 e. The van der Waals surface area contributed by atoms with E-state index in [1.165, 1.54) is 0 Å². The van der Waals surface area contributed by atoms with Gasteiger partial charge in [-0.2, -0.15) is 0 Å². The van der Waals surface area contributed by atoms with Gasteiger partial charge in [0, 0.05) is 13.5 Å². The van der Waals surface area contributed by atoms with Gasteiger partial charge in [-0.25, -0.2) is 0 Å². The van der Waals surface area contributed by atoms with E-state index in [9.17, 15) is 4.79 Å². The first-order valence-electron chi connectivity index (χ1n) is 7.04. The number of ketones is 1. The molecule has 2 heteroatoms. The first kappa shape index (κ1) is 14.3. The third kappa shape index (κ3) is 2.59. The maximum absolute atomic E-state index is 12.7. The zero-order valence-electron chi connectivity index (χ0n) is 12.4. The fourth-order valence-corrected chi connectivity index (χ4v) is 3.09. The van der Waals surface area contributed by atoms with E-state index < -0.39 is 5.60 Å². The summed E-state index contributed by atoms with van der Waals surface area (Å²) in [7, 11) is 1.66. The molecule has 2 rings (SSSR count). The van der Waals surface area contributed by atoms with E-state index in [-0.39, 0.29) is 11.2 Å². The topological polar surface area (TPSA) is 26.3 Å². The largest absolute Gasteiger partial charge is 0.366 e. The molecule has 1 aliphatic carbocycles. The van der Waals surface area contributed by atoms with E-state index in [2.05, 4.69) is 20.8 Å². The summed E-state index contributed by atoms with van der Waals surface area (Å²) in [5.74, 6) is 0.680. The van der Waals surface area contributed by atoms with Crippen molar-refractivity contribution in [3.8, 4) is 0 Å². The number of benzene rings is 1. The predicted molar refractivity (Wildman–Crippen MR) is 76.9 cm³/mol. The molecule has 0 aliphatic heterocycles. The number of rotatable bonds is 2. The lowest BCUT2D eigenvalue weighted by atomic mass is 9.66. The van der Waals surface area contributed by atoms with Crippen molar-refractivity contribution >= 4 is 5.78 Å². The number of methoxy groups -OCH3 is 1. The first-order valence-corrected chi connectivity index (χ1v) is 7.04. The van der Waals surface area contributed by atoms with Gasteiger partial charge in [0.2, 0.25) is 0 Å². The molecule has 1 aliphatic rings. The molecule has 0 amide bonds. The van der Waals surface area contributed by atoms with Gasteiger partial charge < -0.3 is 4.74 Å². The molecule has 0 bridgehead atoms. The summed E-state index contributed by atoms with van der Waals surface area (Å²) in [6, 6.07) is 9.91. The highest BCUT2D eigenvalue weighted by Crippen LogP contribution is 2.45. The first-order chi connectivity index (χ1) is 8.90. The Bertz CT molecular complexity index is 444. The van der Waals surface area contributed by atoms with Crippen molar-refractivity contribution in [2.24, 2.45) is 11.3 Å². The average molecular weight is 260 g/mol. The highest BCUT2D eigenvalue weighted by atomic mass is 16.5. The summed E-state index contributed by atoms with van der Waals surface area (Å²) in [5.41, 5.74) is 0.463. The normalized spacial score (nSPS) is 28.4. The minimum atomic E-state index is -0.719. The van der Waals surface area contributed by atoms with Crippen LogP contribution in [0, 0.1) is 11.3 Å². The van der Waals surface area contributed by atoms with E-state index in [1.807, 2.05) is 30.3 Å². The molecular weight excluding hydrogens is 236 g/mol. The van der Waals surface area contributed by atoms with Gasteiger partial charge in [-0.15, -0.1) is 0 Å². The van der Waals surface area contributed by atoms with Crippen molar-refractivity contribution < 1.29 is 9.53 Å². The van der Waals surface area contributed by atoms with E-state index in [4.69, 9.17) is 4.74 Å². The highest BCUT2D eigenvalue weighted by Gasteiger charge is 2.46. The van der Waals surface area contributed by atoms with Gasteiger partial charge in [0.25, 0.3) is 0 Å². The zero-order valence-corrected chi connectivity index (χ0v) is 12.4. The van der Waals surface area contributed by atoms with Gasteiger partial charge in [-0.1, -0.05) is 51.1 Å². The summed E-state index contributed by atoms with van der Waals surface area (Å²) >= 11 is 0. The number of ether oxygens (including phenoxy) is 1. The van der Waals surface area contributed by atoms with Gasteiger partial charge >= 0.3 is 0 Å². The van der Waals surface area contributed by atoms with Crippen LogP contribution < -0.4 is 0 Å². The molecule has 2 nitrogen and oxygen atoms in total. The van der Waals surface area contributed by atoms with Crippen LogP contribution in [0.3, 0.4) is 0 Å². The molecule has 2 unspecified atom stereocenters. The third-order valence-electron chi connectivity index (χ3n) is 4.54. The Morgan fingerprint density at radius 1 is 1.21 bits per heavy atom. The molecule has 1 aromatic carbocycles. The van der Waals surface area contributed by atoms with Crippen LogP contribution in [0.25, 0.3) is 0 Å². The van der Waals surface area contributed by atoms with Crippen LogP contribution in [-0.2, 0) is 15.1 Å². The SMILES string of the molecule is COC1(c2ccccc2)CCC(C(C)(C)C)CC1=O. The Morgan fingerprint density at radius 3 is 2.32 bits per heavy atom. The Kier molecular flexibility index (Phi) is 3.82. The molecule has 0 heterocycles.